The molecule has 0 saturated heterocycles. The molecule has 3 heteroatoms. The van der Waals surface area contributed by atoms with Gasteiger partial charge in [0.1, 0.15) is 5.83 Å². The van der Waals surface area contributed by atoms with Gasteiger partial charge in [-0.3, -0.25) is 0 Å². The number of halogens is 2. The summed E-state index contributed by atoms with van der Waals surface area (Å²) in [6.45, 7) is 0. The Hall–Kier alpha value is 0.103. The van der Waals surface area contributed by atoms with E-state index in [1.54, 1.807) is 0 Å². The maximum atomic E-state index is 11.9. The van der Waals surface area contributed by atoms with Crippen LogP contribution in [-0.2, 0) is 19.5 Å². The van der Waals surface area contributed by atoms with Gasteiger partial charge in [0.2, 0.25) is 0 Å². The Morgan fingerprint density at radius 1 is 1.33 bits per heavy atom. The van der Waals surface area contributed by atoms with Crippen molar-refractivity contribution in [1.29, 1.82) is 0 Å². The van der Waals surface area contributed by atoms with Crippen molar-refractivity contribution in [3.63, 3.8) is 0 Å². The molecule has 0 unspecified atom stereocenters. The Bertz CT molecular complexity index is 156. The molecule has 0 amide bonds. The summed E-state index contributed by atoms with van der Waals surface area (Å²) in [5.41, 5.74) is 2.69. The quantitative estimate of drug-likeness (QED) is 0.336. The Labute approximate surface area is 72.7 Å². The fourth-order valence-electron chi connectivity index (χ4n) is 0.367. The second kappa shape index (κ2) is 6.23. The number of hydrogen-bond donors (Lipinski definition) is 0. The molecule has 0 atom stereocenters. The van der Waals surface area contributed by atoms with Crippen LogP contribution in [-0.4, -0.2) is 0 Å². The van der Waals surface area contributed by atoms with Crippen LogP contribution in [0.3, 0.4) is 0 Å². The first-order valence-corrected chi connectivity index (χ1v) is 2.01. The molecule has 1 aliphatic rings. The van der Waals surface area contributed by atoms with E-state index in [0.717, 1.165) is 0 Å². The van der Waals surface area contributed by atoms with Gasteiger partial charge in [0.15, 0.2) is 0 Å². The standard InChI is InChI=1S/C6H4F.ClH.Zn/c7-6-4-2-1-3-5-6;;/h2-5H;1H;/p-1. The van der Waals surface area contributed by atoms with Crippen molar-refractivity contribution in [3.05, 3.63) is 36.2 Å². The molecule has 0 saturated carbocycles. The average molecular weight is 196 g/mol. The monoisotopic (exact) mass is 194 g/mol. The molecule has 1 rings (SSSR count). The fraction of sp³-hybridized carbons (Fsp3) is 0. The zero-order chi connectivity index (χ0) is 5.11. The van der Waals surface area contributed by atoms with Crippen molar-refractivity contribution in [2.45, 2.75) is 0 Å². The maximum absolute atomic E-state index is 11.9. The molecule has 0 fully saturated rings. The summed E-state index contributed by atoms with van der Waals surface area (Å²) in [7, 11) is 0. The molecule has 0 N–H and O–H groups in total. The van der Waals surface area contributed by atoms with Crippen molar-refractivity contribution in [2.24, 2.45) is 0 Å². The normalized spacial score (nSPS) is 13.2. The van der Waals surface area contributed by atoms with Gasteiger partial charge in [-0.15, -0.1) is 5.73 Å². The van der Waals surface area contributed by atoms with E-state index < -0.39 is 0 Å². The van der Waals surface area contributed by atoms with E-state index in [2.05, 4.69) is 5.73 Å². The van der Waals surface area contributed by atoms with E-state index in [4.69, 9.17) is 0 Å². The zero-order valence-corrected chi connectivity index (χ0v) is 8.50. The Balaban J connectivity index is 0. The minimum Gasteiger partial charge on any atom is -1.00 e. The van der Waals surface area contributed by atoms with Crippen molar-refractivity contribution in [1.82, 2.24) is 0 Å². The molecule has 9 heavy (non-hydrogen) atoms. The second-order valence-electron chi connectivity index (χ2n) is 1.22. The van der Waals surface area contributed by atoms with E-state index in [1.165, 1.54) is 24.6 Å². The van der Waals surface area contributed by atoms with Crippen molar-refractivity contribution in [2.75, 3.05) is 0 Å². The molecule has 0 aromatic carbocycles. The Kier molecular flexibility index (Phi) is 8.20. The van der Waals surface area contributed by atoms with Crippen LogP contribution in [0.5, 0.6) is 0 Å². The topological polar surface area (TPSA) is 0 Å². The predicted molar refractivity (Wildman–Crippen MR) is 26.1 cm³/mol. The number of allylic oxidation sites excluding steroid dienone is 3. The van der Waals surface area contributed by atoms with Crippen LogP contribution in [0.15, 0.2) is 29.8 Å². The second-order valence-corrected chi connectivity index (χ2v) is 1.22. The predicted octanol–water partition coefficient (Wildman–Crippen LogP) is -1.23. The molecule has 0 bridgehead atoms. The largest absolute Gasteiger partial charge is 1.00 e. The van der Waals surface area contributed by atoms with Gasteiger partial charge in [-0.25, -0.2) is 4.39 Å². The molecule has 0 aliphatic heterocycles. The molecule has 0 heterocycles. The summed E-state index contributed by atoms with van der Waals surface area (Å²) in [4.78, 5) is 0. The van der Waals surface area contributed by atoms with Crippen LogP contribution >= 0.6 is 0 Å². The minimum atomic E-state index is -0.209. The van der Waals surface area contributed by atoms with Gasteiger partial charge in [0.25, 0.3) is 0 Å². The van der Waals surface area contributed by atoms with Gasteiger partial charge < -0.3 is 12.4 Å². The first-order valence-electron chi connectivity index (χ1n) is 2.01. The first kappa shape index (κ1) is 11.8. The molecular formula is C6H4ClFZn-. The summed E-state index contributed by atoms with van der Waals surface area (Å²) in [6, 6.07) is 0. The molecule has 0 nitrogen and oxygen atoms in total. The van der Waals surface area contributed by atoms with Crippen LogP contribution in [0, 0.1) is 6.42 Å². The summed E-state index contributed by atoms with van der Waals surface area (Å²) in [6.07, 6.45) is 5.80. The smallest absolute Gasteiger partial charge is 0.109 e. The van der Waals surface area contributed by atoms with Crippen molar-refractivity contribution < 1.29 is 36.3 Å². The van der Waals surface area contributed by atoms with Crippen LogP contribution in [0.4, 0.5) is 4.39 Å². The number of rotatable bonds is 0. The minimum absolute atomic E-state index is 0. The summed E-state index contributed by atoms with van der Waals surface area (Å²) in [5.74, 6) is -0.209. The van der Waals surface area contributed by atoms with E-state index in [0.29, 0.717) is 0 Å². The van der Waals surface area contributed by atoms with E-state index in [9.17, 15) is 4.39 Å². The molecule has 0 spiro atoms. The third-order valence-corrected chi connectivity index (χ3v) is 0.678. The molecule has 0 aromatic heterocycles. The first-order chi connectivity index (χ1) is 3.39. The van der Waals surface area contributed by atoms with Crippen LogP contribution in [0.2, 0.25) is 0 Å². The molecule has 1 radical (unpaired) electrons. The molecule has 1 aliphatic carbocycles. The van der Waals surface area contributed by atoms with E-state index in [1.807, 2.05) is 0 Å². The molecule has 0 aromatic rings. The molecule has 45 valence electrons. The van der Waals surface area contributed by atoms with Crippen molar-refractivity contribution >= 4 is 0 Å². The van der Waals surface area contributed by atoms with Gasteiger partial charge in [0.05, 0.1) is 0 Å². The summed E-state index contributed by atoms with van der Waals surface area (Å²) >= 11 is 0. The van der Waals surface area contributed by atoms with E-state index in [-0.39, 0.29) is 37.7 Å². The zero-order valence-electron chi connectivity index (χ0n) is 4.77. The van der Waals surface area contributed by atoms with Gasteiger partial charge >= 0.3 is 0 Å². The summed E-state index contributed by atoms with van der Waals surface area (Å²) < 4.78 is 11.9. The molecular weight excluding hydrogens is 192 g/mol. The Morgan fingerprint density at radius 3 is 2.22 bits per heavy atom. The van der Waals surface area contributed by atoms with Crippen molar-refractivity contribution in [3.8, 4) is 0 Å². The van der Waals surface area contributed by atoms with E-state index >= 15 is 0 Å². The third kappa shape index (κ3) is 4.60. The van der Waals surface area contributed by atoms with Gasteiger partial charge in [0, 0.05) is 25.9 Å². The SMILES string of the molecule is FC1=CC=C=C[CH]1.[Cl-].[Zn]. The van der Waals surface area contributed by atoms with Gasteiger partial charge in [-0.1, -0.05) is 0 Å². The fourth-order valence-corrected chi connectivity index (χ4v) is 0.367. The average Bonchev–Trinajstić information content (AvgIpc) is 1.69. The van der Waals surface area contributed by atoms with Crippen LogP contribution in [0.25, 0.3) is 0 Å². The van der Waals surface area contributed by atoms with Gasteiger partial charge in [-0.05, 0) is 18.2 Å². The van der Waals surface area contributed by atoms with Crippen LogP contribution < -0.4 is 12.4 Å². The third-order valence-electron chi connectivity index (χ3n) is 0.678. The van der Waals surface area contributed by atoms with Gasteiger partial charge in [-0.2, -0.15) is 0 Å². The maximum Gasteiger partial charge on any atom is 0.109 e. The summed E-state index contributed by atoms with van der Waals surface area (Å²) in [5, 5.41) is 0. The van der Waals surface area contributed by atoms with Crippen LogP contribution in [0.1, 0.15) is 0 Å². The number of hydrogen-bond acceptors (Lipinski definition) is 0. The Morgan fingerprint density at radius 2 is 2.00 bits per heavy atom.